The summed E-state index contributed by atoms with van der Waals surface area (Å²) in [6.07, 6.45) is -0.441. The monoisotopic (exact) mass is 308 g/mol. The molecule has 0 saturated carbocycles. The summed E-state index contributed by atoms with van der Waals surface area (Å²) in [5, 5.41) is 12.0. The summed E-state index contributed by atoms with van der Waals surface area (Å²) in [4.78, 5) is 0. The van der Waals surface area contributed by atoms with Crippen LogP contribution in [0.3, 0.4) is 0 Å². The molecule has 0 heterocycles. The molecule has 0 fully saturated rings. The van der Waals surface area contributed by atoms with Crippen LogP contribution in [0.1, 0.15) is 13.8 Å². The van der Waals surface area contributed by atoms with Crippen molar-refractivity contribution >= 4 is 26.7 Å². The van der Waals surface area contributed by atoms with Gasteiger partial charge < -0.3 is 9.84 Å². The summed E-state index contributed by atoms with van der Waals surface area (Å²) >= 11 is 3.56. The van der Waals surface area contributed by atoms with Crippen molar-refractivity contribution in [3.63, 3.8) is 0 Å². The van der Waals surface area contributed by atoms with Gasteiger partial charge in [0.25, 0.3) is 0 Å². The summed E-state index contributed by atoms with van der Waals surface area (Å²) in [7, 11) is 0. The highest BCUT2D eigenvalue weighted by atomic mass is 79.9. The predicted octanol–water partition coefficient (Wildman–Crippen LogP) is 4.00. The van der Waals surface area contributed by atoms with Crippen molar-refractivity contribution in [2.24, 2.45) is 5.92 Å². The second kappa shape index (κ2) is 5.72. The van der Waals surface area contributed by atoms with Gasteiger partial charge in [-0.1, -0.05) is 44.2 Å². The fourth-order valence-corrected chi connectivity index (χ4v) is 2.30. The van der Waals surface area contributed by atoms with Gasteiger partial charge in [-0.2, -0.15) is 0 Å². The normalized spacial score (nSPS) is 12.9. The summed E-state index contributed by atoms with van der Waals surface area (Å²) < 4.78 is 6.61. The van der Waals surface area contributed by atoms with Crippen molar-refractivity contribution in [1.82, 2.24) is 0 Å². The molecule has 2 aromatic rings. The van der Waals surface area contributed by atoms with Crippen molar-refractivity contribution < 1.29 is 9.84 Å². The smallest absolute Gasteiger partial charge is 0.134 e. The lowest BCUT2D eigenvalue weighted by Crippen LogP contribution is -2.23. The predicted molar refractivity (Wildman–Crippen MR) is 78.0 cm³/mol. The molecule has 2 nitrogen and oxygen atoms in total. The molecule has 0 aromatic heterocycles. The third-order valence-electron chi connectivity index (χ3n) is 3.01. The molecule has 1 N–H and O–H groups in total. The first-order chi connectivity index (χ1) is 8.59. The van der Waals surface area contributed by atoms with Crippen molar-refractivity contribution in [3.05, 3.63) is 40.9 Å². The van der Waals surface area contributed by atoms with E-state index < -0.39 is 6.10 Å². The Labute approximate surface area is 116 Å². The number of aliphatic hydroxyl groups excluding tert-OH is 1. The molecule has 0 aliphatic rings. The molecular weight excluding hydrogens is 292 g/mol. The Bertz CT molecular complexity index is 537. The number of ether oxygens (including phenoxy) is 1. The number of fused-ring (bicyclic) bond motifs is 1. The first kappa shape index (κ1) is 13.4. The fourth-order valence-electron chi connectivity index (χ4n) is 1.69. The number of hydrogen-bond donors (Lipinski definition) is 1. The van der Waals surface area contributed by atoms with Gasteiger partial charge in [-0.05, 0) is 38.7 Å². The summed E-state index contributed by atoms with van der Waals surface area (Å²) in [5.74, 6) is 0.970. The van der Waals surface area contributed by atoms with Crippen molar-refractivity contribution in [2.45, 2.75) is 20.0 Å². The molecule has 18 heavy (non-hydrogen) atoms. The van der Waals surface area contributed by atoms with E-state index in [4.69, 9.17) is 4.74 Å². The van der Waals surface area contributed by atoms with Crippen LogP contribution in [0, 0.1) is 5.92 Å². The largest absolute Gasteiger partial charge is 0.490 e. The minimum absolute atomic E-state index is 0.198. The lowest BCUT2D eigenvalue weighted by Gasteiger charge is -2.16. The molecule has 0 aliphatic carbocycles. The lowest BCUT2D eigenvalue weighted by molar-refractivity contribution is 0.0699. The lowest BCUT2D eigenvalue weighted by atomic mass is 10.1. The first-order valence-electron chi connectivity index (χ1n) is 6.07. The average Bonchev–Trinajstić information content (AvgIpc) is 2.38. The Kier molecular flexibility index (Phi) is 4.25. The Morgan fingerprint density at radius 3 is 2.61 bits per heavy atom. The molecule has 0 saturated heterocycles. The van der Waals surface area contributed by atoms with Crippen LogP contribution in [-0.2, 0) is 0 Å². The number of halogens is 1. The summed E-state index contributed by atoms with van der Waals surface area (Å²) in [6, 6.07) is 12.1. The molecule has 0 aliphatic heterocycles. The van der Waals surface area contributed by atoms with Gasteiger partial charge in [0.1, 0.15) is 12.4 Å². The molecule has 3 heteroatoms. The zero-order valence-electron chi connectivity index (χ0n) is 10.6. The maximum absolute atomic E-state index is 9.75. The number of benzene rings is 2. The van der Waals surface area contributed by atoms with Crippen LogP contribution in [0.2, 0.25) is 0 Å². The molecule has 2 aromatic carbocycles. The molecule has 0 amide bonds. The molecule has 2 rings (SSSR count). The van der Waals surface area contributed by atoms with Crippen LogP contribution in [0.15, 0.2) is 40.9 Å². The van der Waals surface area contributed by atoms with E-state index in [-0.39, 0.29) is 5.92 Å². The van der Waals surface area contributed by atoms with E-state index in [9.17, 15) is 5.11 Å². The molecule has 1 atom stereocenters. The Morgan fingerprint density at radius 2 is 1.89 bits per heavy atom. The van der Waals surface area contributed by atoms with Gasteiger partial charge in [0.2, 0.25) is 0 Å². The standard InChI is InChI=1S/C15H17BrO2/c1-10(2)13(17)9-18-14-8-7-11-5-3-4-6-12(11)15(14)16/h3-8,10,13,17H,9H2,1-2H3. The van der Waals surface area contributed by atoms with Gasteiger partial charge in [0.05, 0.1) is 10.6 Å². The van der Waals surface area contributed by atoms with Gasteiger partial charge in [0, 0.05) is 0 Å². The van der Waals surface area contributed by atoms with E-state index in [1.54, 1.807) is 0 Å². The fraction of sp³-hybridized carbons (Fsp3) is 0.333. The number of hydrogen-bond acceptors (Lipinski definition) is 2. The van der Waals surface area contributed by atoms with Crippen molar-refractivity contribution in [2.75, 3.05) is 6.61 Å². The first-order valence-corrected chi connectivity index (χ1v) is 6.87. The highest BCUT2D eigenvalue weighted by molar-refractivity contribution is 9.10. The SMILES string of the molecule is CC(C)C(O)COc1ccc2ccccc2c1Br. The third kappa shape index (κ3) is 2.85. The van der Waals surface area contributed by atoms with E-state index in [0.29, 0.717) is 6.61 Å². The second-order valence-corrected chi connectivity index (χ2v) is 5.51. The van der Waals surface area contributed by atoms with Crippen LogP contribution in [0.4, 0.5) is 0 Å². The highest BCUT2D eigenvalue weighted by Crippen LogP contribution is 2.33. The van der Waals surface area contributed by atoms with Gasteiger partial charge in [-0.15, -0.1) is 0 Å². The second-order valence-electron chi connectivity index (χ2n) is 4.72. The molecule has 0 spiro atoms. The van der Waals surface area contributed by atoms with Crippen LogP contribution in [0.5, 0.6) is 5.75 Å². The minimum atomic E-state index is -0.441. The van der Waals surface area contributed by atoms with E-state index in [0.717, 1.165) is 15.6 Å². The van der Waals surface area contributed by atoms with Gasteiger partial charge >= 0.3 is 0 Å². The Morgan fingerprint density at radius 1 is 1.17 bits per heavy atom. The van der Waals surface area contributed by atoms with Crippen molar-refractivity contribution in [3.8, 4) is 5.75 Å². The van der Waals surface area contributed by atoms with Gasteiger partial charge in [-0.25, -0.2) is 0 Å². The molecule has 0 radical (unpaired) electrons. The van der Waals surface area contributed by atoms with E-state index in [2.05, 4.69) is 22.0 Å². The molecule has 0 bridgehead atoms. The molecule has 96 valence electrons. The number of rotatable bonds is 4. The van der Waals surface area contributed by atoms with Crippen LogP contribution < -0.4 is 4.74 Å². The molecule has 1 unspecified atom stereocenters. The average molecular weight is 309 g/mol. The maximum atomic E-state index is 9.75. The Balaban J connectivity index is 2.21. The van der Waals surface area contributed by atoms with Crippen LogP contribution in [-0.4, -0.2) is 17.8 Å². The van der Waals surface area contributed by atoms with E-state index in [1.807, 2.05) is 44.2 Å². The topological polar surface area (TPSA) is 29.5 Å². The quantitative estimate of drug-likeness (QED) is 0.925. The number of aliphatic hydroxyl groups is 1. The summed E-state index contributed by atoms with van der Waals surface area (Å²) in [5.41, 5.74) is 0. The van der Waals surface area contributed by atoms with Gasteiger partial charge in [-0.3, -0.25) is 0 Å². The minimum Gasteiger partial charge on any atom is -0.490 e. The van der Waals surface area contributed by atoms with E-state index >= 15 is 0 Å². The summed E-state index contributed by atoms with van der Waals surface area (Å²) in [6.45, 7) is 4.27. The van der Waals surface area contributed by atoms with Crippen molar-refractivity contribution in [1.29, 1.82) is 0 Å². The van der Waals surface area contributed by atoms with Crippen LogP contribution >= 0.6 is 15.9 Å². The Hall–Kier alpha value is -1.06. The zero-order chi connectivity index (χ0) is 13.1. The maximum Gasteiger partial charge on any atom is 0.134 e. The van der Waals surface area contributed by atoms with E-state index in [1.165, 1.54) is 5.39 Å². The zero-order valence-corrected chi connectivity index (χ0v) is 12.1. The highest BCUT2D eigenvalue weighted by Gasteiger charge is 2.12. The molecular formula is C15H17BrO2. The third-order valence-corrected chi connectivity index (χ3v) is 3.82. The van der Waals surface area contributed by atoms with Gasteiger partial charge in [0.15, 0.2) is 0 Å². The van der Waals surface area contributed by atoms with Crippen LogP contribution in [0.25, 0.3) is 10.8 Å².